The van der Waals surface area contributed by atoms with E-state index in [1.807, 2.05) is 6.07 Å². The average Bonchev–Trinajstić information content (AvgIpc) is 2.95. The van der Waals surface area contributed by atoms with Gasteiger partial charge in [-0.1, -0.05) is 24.6 Å². The lowest BCUT2D eigenvalue weighted by molar-refractivity contribution is -0.124. The van der Waals surface area contributed by atoms with Crippen molar-refractivity contribution in [3.05, 3.63) is 65.0 Å². The first-order chi connectivity index (χ1) is 11.2. The summed E-state index contributed by atoms with van der Waals surface area (Å²) in [6, 6.07) is 12.6. The minimum absolute atomic E-state index is 0.0355. The number of carbonyl (C=O) groups excluding carboxylic acids is 1. The molecule has 0 atom stereocenters. The number of aryl methyl sites for hydroxylation is 2. The Morgan fingerprint density at radius 3 is 2.39 bits per heavy atom. The lowest BCUT2D eigenvalue weighted by Gasteiger charge is -2.40. The normalized spacial score (nSPS) is 18.1. The second-order valence-electron chi connectivity index (χ2n) is 6.73. The van der Waals surface area contributed by atoms with Crippen LogP contribution in [0.15, 0.2) is 42.5 Å². The van der Waals surface area contributed by atoms with Gasteiger partial charge in [0.25, 0.3) is 0 Å². The van der Waals surface area contributed by atoms with Crippen molar-refractivity contribution in [2.75, 3.05) is 5.32 Å². The number of hydrogen-bond donors (Lipinski definition) is 1. The Morgan fingerprint density at radius 2 is 1.70 bits per heavy atom. The molecule has 23 heavy (non-hydrogen) atoms. The predicted octanol–water partition coefficient (Wildman–Crippen LogP) is 4.37. The molecule has 1 N–H and O–H groups in total. The first-order valence-electron chi connectivity index (χ1n) is 8.37. The molecule has 2 aromatic rings. The van der Waals surface area contributed by atoms with Crippen molar-refractivity contribution in [2.45, 2.75) is 43.9 Å². The Hall–Kier alpha value is -2.16. The van der Waals surface area contributed by atoms with Gasteiger partial charge in [-0.25, -0.2) is 4.39 Å². The standard InChI is InChI=1S/C20H20FNO/c21-17-8-6-16(7-9-17)20(11-2-12-20)19(23)22-18-10-5-14-3-1-4-15(14)13-18/h5-10,13H,1-4,11-12H2,(H,22,23). The summed E-state index contributed by atoms with van der Waals surface area (Å²) in [6.45, 7) is 0. The molecule has 0 radical (unpaired) electrons. The first kappa shape index (κ1) is 14.4. The molecule has 4 rings (SSSR count). The molecule has 2 aliphatic rings. The molecule has 2 aromatic carbocycles. The van der Waals surface area contributed by atoms with E-state index in [1.54, 1.807) is 12.1 Å². The van der Waals surface area contributed by atoms with Gasteiger partial charge in [-0.3, -0.25) is 4.79 Å². The van der Waals surface area contributed by atoms with Crippen molar-refractivity contribution >= 4 is 11.6 Å². The van der Waals surface area contributed by atoms with E-state index in [0.29, 0.717) is 0 Å². The van der Waals surface area contributed by atoms with Gasteiger partial charge in [0, 0.05) is 5.69 Å². The highest BCUT2D eigenvalue weighted by Gasteiger charge is 2.45. The Labute approximate surface area is 135 Å². The number of halogens is 1. The third-order valence-electron chi connectivity index (χ3n) is 5.39. The van der Waals surface area contributed by atoms with Gasteiger partial charge in [0.05, 0.1) is 5.41 Å². The van der Waals surface area contributed by atoms with E-state index < -0.39 is 5.41 Å². The van der Waals surface area contributed by atoms with Crippen LogP contribution < -0.4 is 5.32 Å². The summed E-state index contributed by atoms with van der Waals surface area (Å²) >= 11 is 0. The largest absolute Gasteiger partial charge is 0.325 e. The summed E-state index contributed by atoms with van der Waals surface area (Å²) in [6.07, 6.45) is 6.14. The molecule has 3 heteroatoms. The lowest BCUT2D eigenvalue weighted by Crippen LogP contribution is -2.46. The molecular formula is C20H20FNO. The molecule has 2 nitrogen and oxygen atoms in total. The molecule has 2 aliphatic carbocycles. The van der Waals surface area contributed by atoms with Crippen LogP contribution in [0.2, 0.25) is 0 Å². The van der Waals surface area contributed by atoms with Crippen LogP contribution in [0, 0.1) is 5.82 Å². The summed E-state index contributed by atoms with van der Waals surface area (Å²) in [5.41, 5.74) is 4.06. The zero-order valence-electron chi connectivity index (χ0n) is 13.1. The van der Waals surface area contributed by atoms with Crippen LogP contribution >= 0.6 is 0 Å². The Kier molecular flexibility index (Phi) is 3.44. The summed E-state index contributed by atoms with van der Waals surface area (Å²) in [7, 11) is 0. The Morgan fingerprint density at radius 1 is 0.957 bits per heavy atom. The highest BCUT2D eigenvalue weighted by atomic mass is 19.1. The second-order valence-corrected chi connectivity index (χ2v) is 6.73. The number of anilines is 1. The number of nitrogens with one attached hydrogen (secondary N) is 1. The Bertz CT molecular complexity index is 747. The van der Waals surface area contributed by atoms with Gasteiger partial charge in [0.15, 0.2) is 0 Å². The maximum atomic E-state index is 13.2. The molecule has 0 unspecified atom stereocenters. The molecule has 1 fully saturated rings. The van der Waals surface area contributed by atoms with E-state index in [9.17, 15) is 9.18 Å². The molecule has 0 heterocycles. The fraction of sp³-hybridized carbons (Fsp3) is 0.350. The fourth-order valence-electron chi connectivity index (χ4n) is 3.85. The van der Waals surface area contributed by atoms with E-state index in [2.05, 4.69) is 17.4 Å². The third-order valence-corrected chi connectivity index (χ3v) is 5.39. The van der Waals surface area contributed by atoms with Crippen LogP contribution in [0.5, 0.6) is 0 Å². The average molecular weight is 309 g/mol. The third kappa shape index (κ3) is 2.44. The molecule has 1 amide bonds. The SMILES string of the molecule is O=C(Nc1ccc2c(c1)CCC2)C1(c2ccc(F)cc2)CCC1. The Balaban J connectivity index is 1.58. The van der Waals surface area contributed by atoms with Gasteiger partial charge in [-0.2, -0.15) is 0 Å². The number of hydrogen-bond acceptors (Lipinski definition) is 1. The number of carbonyl (C=O) groups is 1. The van der Waals surface area contributed by atoms with Gasteiger partial charge < -0.3 is 5.32 Å². The minimum atomic E-state index is -0.493. The van der Waals surface area contributed by atoms with Crippen LogP contribution in [0.3, 0.4) is 0 Å². The van der Waals surface area contributed by atoms with Crippen molar-refractivity contribution in [3.8, 4) is 0 Å². The smallest absolute Gasteiger partial charge is 0.235 e. The maximum absolute atomic E-state index is 13.2. The lowest BCUT2D eigenvalue weighted by atomic mass is 9.64. The molecule has 0 spiro atoms. The molecule has 118 valence electrons. The van der Waals surface area contributed by atoms with Gasteiger partial charge in [0.2, 0.25) is 5.91 Å². The number of amides is 1. The summed E-state index contributed by atoms with van der Waals surface area (Å²) in [5, 5.41) is 3.09. The van der Waals surface area contributed by atoms with Crippen LogP contribution in [0.25, 0.3) is 0 Å². The zero-order valence-corrected chi connectivity index (χ0v) is 13.1. The number of fused-ring (bicyclic) bond motifs is 1. The quantitative estimate of drug-likeness (QED) is 0.896. The first-order valence-corrected chi connectivity index (χ1v) is 8.37. The number of benzene rings is 2. The van der Waals surface area contributed by atoms with Crippen LogP contribution in [0.1, 0.15) is 42.4 Å². The van der Waals surface area contributed by atoms with Gasteiger partial charge in [-0.05, 0) is 73.1 Å². The topological polar surface area (TPSA) is 29.1 Å². The van der Waals surface area contributed by atoms with Crippen molar-refractivity contribution < 1.29 is 9.18 Å². The van der Waals surface area contributed by atoms with Crippen LogP contribution in [-0.4, -0.2) is 5.91 Å². The van der Waals surface area contributed by atoms with E-state index in [1.165, 1.54) is 29.7 Å². The molecular weight excluding hydrogens is 289 g/mol. The van der Waals surface area contributed by atoms with Gasteiger partial charge >= 0.3 is 0 Å². The summed E-state index contributed by atoms with van der Waals surface area (Å²) < 4.78 is 13.2. The molecule has 0 aromatic heterocycles. The van der Waals surface area contributed by atoms with E-state index in [0.717, 1.165) is 43.4 Å². The fourth-order valence-corrected chi connectivity index (χ4v) is 3.85. The molecule has 1 saturated carbocycles. The zero-order chi connectivity index (χ0) is 15.9. The van der Waals surface area contributed by atoms with Gasteiger partial charge in [-0.15, -0.1) is 0 Å². The highest BCUT2D eigenvalue weighted by Crippen LogP contribution is 2.44. The second kappa shape index (κ2) is 5.48. The van der Waals surface area contributed by atoms with Crippen molar-refractivity contribution in [3.63, 3.8) is 0 Å². The van der Waals surface area contributed by atoms with E-state index in [-0.39, 0.29) is 11.7 Å². The minimum Gasteiger partial charge on any atom is -0.325 e. The van der Waals surface area contributed by atoms with Crippen LogP contribution in [0.4, 0.5) is 10.1 Å². The molecule has 0 aliphatic heterocycles. The number of rotatable bonds is 3. The van der Waals surface area contributed by atoms with Crippen LogP contribution in [-0.2, 0) is 23.1 Å². The predicted molar refractivity (Wildman–Crippen MR) is 89.0 cm³/mol. The molecule has 0 saturated heterocycles. The maximum Gasteiger partial charge on any atom is 0.235 e. The monoisotopic (exact) mass is 309 g/mol. The van der Waals surface area contributed by atoms with Crippen molar-refractivity contribution in [1.82, 2.24) is 0 Å². The molecule has 0 bridgehead atoms. The van der Waals surface area contributed by atoms with E-state index >= 15 is 0 Å². The summed E-state index contributed by atoms with van der Waals surface area (Å²) in [5.74, 6) is -0.226. The van der Waals surface area contributed by atoms with Crippen molar-refractivity contribution in [1.29, 1.82) is 0 Å². The summed E-state index contributed by atoms with van der Waals surface area (Å²) in [4.78, 5) is 12.9. The van der Waals surface area contributed by atoms with Crippen molar-refractivity contribution in [2.24, 2.45) is 0 Å². The van der Waals surface area contributed by atoms with Gasteiger partial charge in [0.1, 0.15) is 5.82 Å². The van der Waals surface area contributed by atoms with E-state index in [4.69, 9.17) is 0 Å². The highest BCUT2D eigenvalue weighted by molar-refractivity contribution is 6.00.